The summed E-state index contributed by atoms with van der Waals surface area (Å²) in [6, 6.07) is 6.40. The van der Waals surface area contributed by atoms with Crippen molar-refractivity contribution in [3.63, 3.8) is 0 Å². The largest absolute Gasteiger partial charge is 0.352 e. The van der Waals surface area contributed by atoms with Gasteiger partial charge in [0.1, 0.15) is 5.52 Å². The second kappa shape index (κ2) is 4.45. The van der Waals surface area contributed by atoms with Crippen LogP contribution in [-0.4, -0.2) is 41.4 Å². The average molecular weight is 267 g/mol. The predicted molar refractivity (Wildman–Crippen MR) is 81.2 cm³/mol. The molecule has 0 unspecified atom stereocenters. The first-order chi connectivity index (χ1) is 9.83. The number of fused-ring (bicyclic) bond motifs is 3. The van der Waals surface area contributed by atoms with E-state index in [1.165, 1.54) is 10.9 Å². The Labute approximate surface area is 117 Å². The number of hydrogen-bond donors (Lipinski definition) is 2. The van der Waals surface area contributed by atoms with Gasteiger partial charge in [-0.2, -0.15) is 5.10 Å². The summed E-state index contributed by atoms with van der Waals surface area (Å²) < 4.78 is 0. The third-order valence-corrected chi connectivity index (χ3v) is 3.95. The van der Waals surface area contributed by atoms with Gasteiger partial charge in [-0.15, -0.1) is 0 Å². The van der Waals surface area contributed by atoms with Gasteiger partial charge in [0, 0.05) is 37.0 Å². The first kappa shape index (κ1) is 11.7. The zero-order chi connectivity index (χ0) is 13.5. The molecule has 0 spiro atoms. The van der Waals surface area contributed by atoms with Crippen LogP contribution in [0.4, 0.5) is 5.82 Å². The normalized spacial score (nSPS) is 16.1. The second-order valence-electron chi connectivity index (χ2n) is 5.35. The van der Waals surface area contributed by atoms with Crippen molar-refractivity contribution in [1.82, 2.24) is 20.5 Å². The van der Waals surface area contributed by atoms with Crippen LogP contribution in [-0.2, 0) is 0 Å². The van der Waals surface area contributed by atoms with E-state index in [2.05, 4.69) is 45.5 Å². The topological polar surface area (TPSA) is 56.8 Å². The van der Waals surface area contributed by atoms with Crippen LogP contribution in [0.2, 0.25) is 0 Å². The number of pyridine rings is 1. The maximum atomic E-state index is 4.87. The van der Waals surface area contributed by atoms with Gasteiger partial charge in [0.05, 0.1) is 11.7 Å². The number of aromatic nitrogens is 3. The molecule has 1 saturated heterocycles. The Balaban J connectivity index is 1.99. The van der Waals surface area contributed by atoms with Crippen LogP contribution in [0, 0.1) is 6.92 Å². The molecule has 3 aromatic rings. The van der Waals surface area contributed by atoms with Gasteiger partial charge in [-0.25, -0.2) is 4.98 Å². The Hall–Kier alpha value is -2.14. The van der Waals surface area contributed by atoms with Gasteiger partial charge in [-0.1, -0.05) is 11.6 Å². The third-order valence-electron chi connectivity index (χ3n) is 3.95. The SMILES string of the molecule is Cc1ccc2nc(N3CCNCC3)c3[nH]ncc3c2c1. The van der Waals surface area contributed by atoms with Crippen molar-refractivity contribution in [2.75, 3.05) is 31.1 Å². The Kier molecular flexibility index (Phi) is 2.60. The molecule has 1 aliphatic rings. The van der Waals surface area contributed by atoms with Crippen LogP contribution in [0.1, 0.15) is 5.56 Å². The number of nitrogens with zero attached hydrogens (tertiary/aromatic N) is 3. The zero-order valence-corrected chi connectivity index (χ0v) is 11.5. The summed E-state index contributed by atoms with van der Waals surface area (Å²) in [5.41, 5.74) is 3.33. The number of nitrogens with one attached hydrogen (secondary N) is 2. The molecule has 20 heavy (non-hydrogen) atoms. The fourth-order valence-corrected chi connectivity index (χ4v) is 2.90. The van der Waals surface area contributed by atoms with Crippen LogP contribution < -0.4 is 10.2 Å². The Morgan fingerprint density at radius 1 is 1.15 bits per heavy atom. The van der Waals surface area contributed by atoms with Crippen LogP contribution in [0.25, 0.3) is 21.8 Å². The zero-order valence-electron chi connectivity index (χ0n) is 11.5. The highest BCUT2D eigenvalue weighted by molar-refractivity contribution is 6.08. The summed E-state index contributed by atoms with van der Waals surface area (Å²) in [5, 5.41) is 13.1. The highest BCUT2D eigenvalue weighted by Gasteiger charge is 2.17. The Morgan fingerprint density at radius 2 is 2.00 bits per heavy atom. The number of benzene rings is 1. The van der Waals surface area contributed by atoms with Gasteiger partial charge in [0.15, 0.2) is 5.82 Å². The fraction of sp³-hybridized carbons (Fsp3) is 0.333. The minimum Gasteiger partial charge on any atom is -0.352 e. The lowest BCUT2D eigenvalue weighted by Crippen LogP contribution is -2.44. The van der Waals surface area contributed by atoms with Crippen LogP contribution >= 0.6 is 0 Å². The van der Waals surface area contributed by atoms with Crippen molar-refractivity contribution < 1.29 is 0 Å². The van der Waals surface area contributed by atoms with E-state index in [0.29, 0.717) is 0 Å². The number of aromatic amines is 1. The van der Waals surface area contributed by atoms with E-state index in [9.17, 15) is 0 Å². The van der Waals surface area contributed by atoms with Gasteiger partial charge in [-0.05, 0) is 19.1 Å². The van der Waals surface area contributed by atoms with Crippen molar-refractivity contribution >= 4 is 27.6 Å². The van der Waals surface area contributed by atoms with Crippen LogP contribution in [0.15, 0.2) is 24.4 Å². The third kappa shape index (κ3) is 1.74. The molecule has 4 rings (SSSR count). The number of anilines is 1. The van der Waals surface area contributed by atoms with Gasteiger partial charge >= 0.3 is 0 Å². The monoisotopic (exact) mass is 267 g/mol. The molecule has 0 radical (unpaired) electrons. The minimum absolute atomic E-state index is 0.985. The van der Waals surface area contributed by atoms with Gasteiger partial charge < -0.3 is 10.2 Å². The van der Waals surface area contributed by atoms with Gasteiger partial charge in [0.25, 0.3) is 0 Å². The standard InChI is InChI=1S/C15H17N5/c1-10-2-3-13-11(8-10)12-9-17-19-14(12)15(18-13)20-6-4-16-5-7-20/h2-3,8-9,16H,4-7H2,1H3,(H,17,19). The van der Waals surface area contributed by atoms with E-state index >= 15 is 0 Å². The van der Waals surface area contributed by atoms with Crippen molar-refractivity contribution in [3.8, 4) is 0 Å². The molecule has 2 N–H and O–H groups in total. The van der Waals surface area contributed by atoms with Gasteiger partial charge in [-0.3, -0.25) is 5.10 Å². The molecule has 0 bridgehead atoms. The lowest BCUT2D eigenvalue weighted by atomic mass is 10.1. The number of piperazine rings is 1. The average Bonchev–Trinajstić information content (AvgIpc) is 2.97. The molecular weight excluding hydrogens is 250 g/mol. The molecule has 2 aromatic heterocycles. The molecule has 0 saturated carbocycles. The summed E-state index contributed by atoms with van der Waals surface area (Å²) in [4.78, 5) is 7.20. The molecule has 5 nitrogen and oxygen atoms in total. The number of H-pyrrole nitrogens is 1. The number of rotatable bonds is 1. The van der Waals surface area contributed by atoms with E-state index in [1.807, 2.05) is 6.20 Å². The molecule has 102 valence electrons. The maximum Gasteiger partial charge on any atom is 0.155 e. The van der Waals surface area contributed by atoms with Crippen LogP contribution in [0.5, 0.6) is 0 Å². The van der Waals surface area contributed by atoms with Crippen molar-refractivity contribution in [2.45, 2.75) is 6.92 Å². The quantitative estimate of drug-likeness (QED) is 0.706. The number of aryl methyl sites for hydroxylation is 1. The molecule has 0 aliphatic carbocycles. The summed E-state index contributed by atoms with van der Waals surface area (Å²) in [6.45, 7) is 6.08. The van der Waals surface area contributed by atoms with E-state index in [0.717, 1.165) is 48.4 Å². The Morgan fingerprint density at radius 3 is 2.85 bits per heavy atom. The van der Waals surface area contributed by atoms with Crippen LogP contribution in [0.3, 0.4) is 0 Å². The smallest absolute Gasteiger partial charge is 0.155 e. The number of hydrogen-bond acceptors (Lipinski definition) is 4. The molecule has 5 heteroatoms. The predicted octanol–water partition coefficient (Wildman–Crippen LogP) is 1.83. The summed E-state index contributed by atoms with van der Waals surface area (Å²) in [7, 11) is 0. The highest BCUT2D eigenvalue weighted by Crippen LogP contribution is 2.30. The fourth-order valence-electron chi connectivity index (χ4n) is 2.90. The molecule has 3 heterocycles. The second-order valence-corrected chi connectivity index (χ2v) is 5.35. The summed E-state index contributed by atoms with van der Waals surface area (Å²) in [5.74, 6) is 1.02. The lowest BCUT2D eigenvalue weighted by molar-refractivity contribution is 0.586. The maximum absolute atomic E-state index is 4.87. The molecule has 1 aromatic carbocycles. The van der Waals surface area contributed by atoms with E-state index in [-0.39, 0.29) is 0 Å². The van der Waals surface area contributed by atoms with Crippen molar-refractivity contribution in [2.24, 2.45) is 0 Å². The van der Waals surface area contributed by atoms with Gasteiger partial charge in [0.2, 0.25) is 0 Å². The van der Waals surface area contributed by atoms with E-state index in [1.54, 1.807) is 0 Å². The highest BCUT2D eigenvalue weighted by atomic mass is 15.2. The van der Waals surface area contributed by atoms with Crippen molar-refractivity contribution in [3.05, 3.63) is 30.0 Å². The van der Waals surface area contributed by atoms with E-state index in [4.69, 9.17) is 4.98 Å². The molecule has 0 amide bonds. The molecule has 1 fully saturated rings. The first-order valence-corrected chi connectivity index (χ1v) is 7.02. The molecule has 0 atom stereocenters. The lowest BCUT2D eigenvalue weighted by Gasteiger charge is -2.28. The minimum atomic E-state index is 0.985. The first-order valence-electron chi connectivity index (χ1n) is 7.02. The van der Waals surface area contributed by atoms with E-state index < -0.39 is 0 Å². The van der Waals surface area contributed by atoms with Crippen molar-refractivity contribution in [1.29, 1.82) is 0 Å². The summed E-state index contributed by atoms with van der Waals surface area (Å²) >= 11 is 0. The molecular formula is C15H17N5. The summed E-state index contributed by atoms with van der Waals surface area (Å²) in [6.07, 6.45) is 1.91. The Bertz CT molecular complexity index is 770. The molecule has 1 aliphatic heterocycles.